The lowest BCUT2D eigenvalue weighted by Gasteiger charge is -2.22. The maximum atomic E-state index is 12.8. The van der Waals surface area contributed by atoms with Crippen molar-refractivity contribution in [2.24, 2.45) is 17.8 Å². The Morgan fingerprint density at radius 3 is 2.33 bits per heavy atom. The summed E-state index contributed by atoms with van der Waals surface area (Å²) in [6, 6.07) is 0. The van der Waals surface area contributed by atoms with E-state index >= 15 is 0 Å². The summed E-state index contributed by atoms with van der Waals surface area (Å²) in [4.78, 5) is 12.0. The highest BCUT2D eigenvalue weighted by molar-refractivity contribution is 7.90. The van der Waals surface area contributed by atoms with Gasteiger partial charge in [-0.3, -0.25) is 9.52 Å². The summed E-state index contributed by atoms with van der Waals surface area (Å²) in [7, 11) is -3.71. The summed E-state index contributed by atoms with van der Waals surface area (Å²) >= 11 is 0. The first-order valence-electron chi connectivity index (χ1n) is 7.71. The largest absolute Gasteiger partial charge is 0.274 e. The van der Waals surface area contributed by atoms with Crippen molar-refractivity contribution in [3.63, 3.8) is 0 Å². The van der Waals surface area contributed by atoms with Crippen LogP contribution in [-0.4, -0.2) is 26.5 Å². The molecule has 0 bridgehead atoms. The molecule has 122 valence electrons. The Morgan fingerprint density at radius 1 is 1.05 bits per heavy atom. The number of rotatable bonds is 5. The van der Waals surface area contributed by atoms with Crippen LogP contribution < -0.4 is 4.72 Å². The molecule has 0 radical (unpaired) electrons. The van der Waals surface area contributed by atoms with E-state index in [1.54, 1.807) is 0 Å². The second-order valence-corrected chi connectivity index (χ2v) is 8.05. The molecule has 2 fully saturated rings. The second-order valence-electron chi connectivity index (χ2n) is 6.29. The topological polar surface area (TPSA) is 63.2 Å². The van der Waals surface area contributed by atoms with Crippen LogP contribution in [0.25, 0.3) is 0 Å². The van der Waals surface area contributed by atoms with E-state index in [2.05, 4.69) is 0 Å². The van der Waals surface area contributed by atoms with E-state index < -0.39 is 34.2 Å². The number of sulfonamides is 1. The van der Waals surface area contributed by atoms with Gasteiger partial charge in [-0.15, -0.1) is 0 Å². The molecular formula is C14H23F2NO3S. The molecule has 7 heteroatoms. The minimum Gasteiger partial charge on any atom is -0.274 e. The summed E-state index contributed by atoms with van der Waals surface area (Å²) in [5.41, 5.74) is 0. The summed E-state index contributed by atoms with van der Waals surface area (Å²) < 4.78 is 51.7. The first-order valence-corrected chi connectivity index (χ1v) is 9.37. The quantitative estimate of drug-likeness (QED) is 0.846. The van der Waals surface area contributed by atoms with Gasteiger partial charge in [-0.1, -0.05) is 25.7 Å². The lowest BCUT2D eigenvalue weighted by molar-refractivity contribution is -0.126. The minimum absolute atomic E-state index is 0.0647. The second kappa shape index (κ2) is 7.03. The molecule has 0 spiro atoms. The zero-order valence-electron chi connectivity index (χ0n) is 12.1. The number of hydrogen-bond donors (Lipinski definition) is 1. The number of nitrogens with one attached hydrogen (secondary N) is 1. The Morgan fingerprint density at radius 2 is 1.71 bits per heavy atom. The van der Waals surface area contributed by atoms with Gasteiger partial charge in [0.15, 0.2) is 0 Å². The standard InChI is InChI=1S/C14H23F2NO3S/c15-13(16)11-7-4-8-12(11)14(18)17-21(19,20)9-10-5-2-1-3-6-10/h10-13H,1-9H2,(H,17,18). The maximum absolute atomic E-state index is 12.8. The molecule has 4 nitrogen and oxygen atoms in total. The monoisotopic (exact) mass is 323 g/mol. The predicted octanol–water partition coefficient (Wildman–Crippen LogP) is 2.69. The third kappa shape index (κ3) is 4.63. The molecule has 21 heavy (non-hydrogen) atoms. The van der Waals surface area contributed by atoms with E-state index in [0.29, 0.717) is 19.3 Å². The number of carbonyl (C=O) groups excluding carboxylic acids is 1. The zero-order chi connectivity index (χ0) is 15.5. The van der Waals surface area contributed by atoms with Crippen LogP contribution in [0.1, 0.15) is 51.4 Å². The number of hydrogen-bond acceptors (Lipinski definition) is 3. The molecule has 0 saturated heterocycles. The molecule has 2 aliphatic rings. The Bertz CT molecular complexity index is 461. The smallest absolute Gasteiger partial charge is 0.242 e. The summed E-state index contributed by atoms with van der Waals surface area (Å²) in [6.45, 7) is 0. The van der Waals surface area contributed by atoms with Crippen LogP contribution in [0.4, 0.5) is 8.78 Å². The van der Waals surface area contributed by atoms with Gasteiger partial charge in [0, 0.05) is 11.8 Å². The lowest BCUT2D eigenvalue weighted by Crippen LogP contribution is -2.41. The molecule has 0 aromatic rings. The van der Waals surface area contributed by atoms with E-state index in [0.717, 1.165) is 32.1 Å². The Kier molecular flexibility index (Phi) is 5.57. The van der Waals surface area contributed by atoms with E-state index in [-0.39, 0.29) is 11.7 Å². The molecule has 0 aromatic carbocycles. The summed E-state index contributed by atoms with van der Waals surface area (Å²) in [5, 5.41) is 0. The number of carbonyl (C=O) groups is 1. The van der Waals surface area contributed by atoms with Crippen molar-refractivity contribution >= 4 is 15.9 Å². The fraction of sp³-hybridized carbons (Fsp3) is 0.929. The molecule has 1 N–H and O–H groups in total. The van der Waals surface area contributed by atoms with E-state index in [1.807, 2.05) is 4.72 Å². The van der Waals surface area contributed by atoms with Crippen molar-refractivity contribution in [1.29, 1.82) is 0 Å². The Balaban J connectivity index is 1.91. The molecule has 2 saturated carbocycles. The molecule has 2 aliphatic carbocycles. The van der Waals surface area contributed by atoms with E-state index in [4.69, 9.17) is 0 Å². The fourth-order valence-electron chi connectivity index (χ4n) is 3.55. The minimum atomic E-state index is -3.71. The van der Waals surface area contributed by atoms with Gasteiger partial charge in [-0.05, 0) is 31.6 Å². The van der Waals surface area contributed by atoms with Gasteiger partial charge < -0.3 is 0 Å². The maximum Gasteiger partial charge on any atom is 0.242 e. The Hall–Kier alpha value is -0.720. The molecule has 2 rings (SSSR count). The van der Waals surface area contributed by atoms with Gasteiger partial charge in [0.05, 0.1) is 5.75 Å². The van der Waals surface area contributed by atoms with Crippen LogP contribution in [0, 0.1) is 17.8 Å². The SMILES string of the molecule is O=C(NS(=O)(=O)CC1CCCCC1)C1CCCC1C(F)F. The van der Waals surface area contributed by atoms with Crippen LogP contribution in [0.2, 0.25) is 0 Å². The van der Waals surface area contributed by atoms with Crippen molar-refractivity contribution < 1.29 is 22.0 Å². The highest BCUT2D eigenvalue weighted by Gasteiger charge is 2.40. The molecule has 2 unspecified atom stereocenters. The van der Waals surface area contributed by atoms with Gasteiger partial charge in [0.25, 0.3) is 0 Å². The van der Waals surface area contributed by atoms with Crippen LogP contribution in [0.3, 0.4) is 0 Å². The van der Waals surface area contributed by atoms with Gasteiger partial charge in [-0.2, -0.15) is 0 Å². The van der Waals surface area contributed by atoms with Crippen molar-refractivity contribution in [2.45, 2.75) is 57.8 Å². The number of alkyl halides is 2. The summed E-state index contributed by atoms with van der Waals surface area (Å²) in [5.74, 6) is -2.60. The lowest BCUT2D eigenvalue weighted by atomic mass is 9.91. The van der Waals surface area contributed by atoms with Gasteiger partial charge in [0.2, 0.25) is 22.4 Å². The van der Waals surface area contributed by atoms with Crippen LogP contribution in [0.5, 0.6) is 0 Å². The van der Waals surface area contributed by atoms with Crippen LogP contribution in [-0.2, 0) is 14.8 Å². The van der Waals surface area contributed by atoms with Crippen LogP contribution in [0.15, 0.2) is 0 Å². The Labute approximate surface area is 124 Å². The molecule has 1 amide bonds. The fourth-order valence-corrected chi connectivity index (χ4v) is 5.05. The molecular weight excluding hydrogens is 300 g/mol. The number of halogens is 2. The third-order valence-corrected chi connectivity index (χ3v) is 6.09. The summed E-state index contributed by atoms with van der Waals surface area (Å²) in [6.07, 6.45) is 3.50. The first-order chi connectivity index (χ1) is 9.89. The average molecular weight is 323 g/mol. The predicted molar refractivity (Wildman–Crippen MR) is 75.3 cm³/mol. The van der Waals surface area contributed by atoms with Crippen molar-refractivity contribution in [3.8, 4) is 0 Å². The van der Waals surface area contributed by atoms with Crippen LogP contribution >= 0.6 is 0 Å². The van der Waals surface area contributed by atoms with Gasteiger partial charge >= 0.3 is 0 Å². The number of amides is 1. The van der Waals surface area contributed by atoms with Crippen molar-refractivity contribution in [1.82, 2.24) is 4.72 Å². The normalized spacial score (nSPS) is 28.0. The molecule has 2 atom stereocenters. The molecule has 0 aliphatic heterocycles. The molecule has 0 heterocycles. The van der Waals surface area contributed by atoms with Crippen molar-refractivity contribution in [3.05, 3.63) is 0 Å². The van der Waals surface area contributed by atoms with Gasteiger partial charge in [0.1, 0.15) is 0 Å². The average Bonchev–Trinajstić information content (AvgIpc) is 2.88. The third-order valence-electron chi connectivity index (χ3n) is 4.67. The molecule has 0 aromatic heterocycles. The van der Waals surface area contributed by atoms with E-state index in [9.17, 15) is 22.0 Å². The van der Waals surface area contributed by atoms with Crippen molar-refractivity contribution in [2.75, 3.05) is 5.75 Å². The highest BCUT2D eigenvalue weighted by atomic mass is 32.2. The zero-order valence-corrected chi connectivity index (χ0v) is 12.9. The van der Waals surface area contributed by atoms with E-state index in [1.165, 1.54) is 0 Å². The first kappa shape index (κ1) is 16.6. The van der Waals surface area contributed by atoms with Gasteiger partial charge in [-0.25, -0.2) is 17.2 Å². The highest BCUT2D eigenvalue weighted by Crippen LogP contribution is 2.36.